The van der Waals surface area contributed by atoms with Gasteiger partial charge in [-0.1, -0.05) is 44.9 Å². The van der Waals surface area contributed by atoms with E-state index in [1.54, 1.807) is 7.11 Å². The van der Waals surface area contributed by atoms with Gasteiger partial charge < -0.3 is 18.8 Å². The zero-order chi connectivity index (χ0) is 28.5. The molecule has 2 aromatic carbocycles. The number of ether oxygens (including phenoxy) is 2. The molecule has 0 N–H and O–H groups in total. The number of halogens is 2. The lowest BCUT2D eigenvalue weighted by Gasteiger charge is -2.22. The van der Waals surface area contributed by atoms with E-state index in [4.69, 9.17) is 9.47 Å². The maximum atomic E-state index is 14.0. The minimum Gasteiger partial charge on any atom is -0.497 e. The second-order valence-electron chi connectivity index (χ2n) is 9.98. The molecular formula is C33H38Br2N2O3. The van der Waals surface area contributed by atoms with E-state index in [2.05, 4.69) is 56.7 Å². The number of aromatic nitrogens is 1. The van der Waals surface area contributed by atoms with Crippen molar-refractivity contribution in [1.29, 1.82) is 0 Å². The van der Waals surface area contributed by atoms with E-state index in [1.165, 1.54) is 25.7 Å². The van der Waals surface area contributed by atoms with Crippen LogP contribution in [0.3, 0.4) is 0 Å². The monoisotopic (exact) mass is 668 g/mol. The number of unbranched alkanes of at least 4 members (excludes halogenated alkanes) is 2. The van der Waals surface area contributed by atoms with Crippen molar-refractivity contribution < 1.29 is 14.3 Å². The lowest BCUT2D eigenvalue weighted by molar-refractivity contribution is 0.103. The molecule has 5 nitrogen and oxygen atoms in total. The highest BCUT2D eigenvalue weighted by atomic mass is 79.9. The molecule has 0 aliphatic heterocycles. The van der Waals surface area contributed by atoms with E-state index in [-0.39, 0.29) is 5.78 Å². The van der Waals surface area contributed by atoms with Crippen LogP contribution in [0.15, 0.2) is 75.8 Å². The van der Waals surface area contributed by atoms with E-state index >= 15 is 0 Å². The molecule has 4 rings (SSSR count). The third kappa shape index (κ3) is 7.36. The van der Waals surface area contributed by atoms with Crippen molar-refractivity contribution in [3.05, 3.63) is 87.1 Å². The Morgan fingerprint density at radius 2 is 1.52 bits per heavy atom. The summed E-state index contributed by atoms with van der Waals surface area (Å²) >= 11 is 7.34. The van der Waals surface area contributed by atoms with Crippen LogP contribution in [-0.2, 0) is 0 Å². The predicted molar refractivity (Wildman–Crippen MR) is 171 cm³/mol. The summed E-state index contributed by atoms with van der Waals surface area (Å²) in [5.74, 6) is 1.44. The van der Waals surface area contributed by atoms with Gasteiger partial charge in [0.1, 0.15) is 17.2 Å². The average molecular weight is 670 g/mol. The molecule has 4 aromatic rings. The summed E-state index contributed by atoms with van der Waals surface area (Å²) in [5.41, 5.74) is 3.99. The van der Waals surface area contributed by atoms with Crippen LogP contribution in [0, 0.1) is 0 Å². The topological polar surface area (TPSA) is 43.2 Å². The first-order valence-electron chi connectivity index (χ1n) is 14.1. The molecule has 2 heterocycles. The molecule has 212 valence electrons. The lowest BCUT2D eigenvalue weighted by Crippen LogP contribution is -2.28. The molecule has 7 heteroatoms. The van der Waals surface area contributed by atoms with Crippen molar-refractivity contribution in [2.75, 3.05) is 33.4 Å². The van der Waals surface area contributed by atoms with Gasteiger partial charge in [-0.2, -0.15) is 0 Å². The number of carbonyl (C=O) groups excluding carboxylic acids is 1. The van der Waals surface area contributed by atoms with Crippen molar-refractivity contribution >= 4 is 43.2 Å². The standard InChI is InChI=1S/C33H38Br2N2O3/c1-4-6-16-36(17-7-5-2)18-10-20-40-33-29(34)21-25(22-30(33)35)32(38)31-28(23-26-11-8-9-19-37(26)31)24-12-14-27(39-3)15-13-24/h8-9,11-15,19,21-23H,4-7,10,16-18,20H2,1-3H3. The molecule has 0 saturated heterocycles. The average Bonchev–Trinajstić information content (AvgIpc) is 3.36. The minimum absolute atomic E-state index is 0.0625. The maximum Gasteiger partial charge on any atom is 0.210 e. The largest absolute Gasteiger partial charge is 0.497 e. The Hall–Kier alpha value is -2.61. The van der Waals surface area contributed by atoms with E-state index in [9.17, 15) is 4.79 Å². The first kappa shape index (κ1) is 30.4. The predicted octanol–water partition coefficient (Wildman–Crippen LogP) is 9.04. The van der Waals surface area contributed by atoms with Crippen molar-refractivity contribution in [3.8, 4) is 22.6 Å². The molecule has 40 heavy (non-hydrogen) atoms. The number of carbonyl (C=O) groups is 1. The van der Waals surface area contributed by atoms with Crippen molar-refractivity contribution in [2.45, 2.75) is 46.0 Å². The molecule has 2 aromatic heterocycles. The number of methoxy groups -OCH3 is 1. The summed E-state index contributed by atoms with van der Waals surface area (Å²) in [6.07, 6.45) is 7.77. The Kier molecular flexibility index (Phi) is 11.3. The highest BCUT2D eigenvalue weighted by Gasteiger charge is 2.22. The van der Waals surface area contributed by atoms with Gasteiger partial charge >= 0.3 is 0 Å². The number of pyridine rings is 1. The molecule has 0 aliphatic rings. The normalized spacial score (nSPS) is 11.3. The number of hydrogen-bond acceptors (Lipinski definition) is 4. The zero-order valence-electron chi connectivity index (χ0n) is 23.6. The number of ketones is 1. The minimum atomic E-state index is -0.0625. The van der Waals surface area contributed by atoms with Crippen LogP contribution < -0.4 is 9.47 Å². The van der Waals surface area contributed by atoms with Gasteiger partial charge in [-0.15, -0.1) is 0 Å². The Balaban J connectivity index is 1.53. The quantitative estimate of drug-likeness (QED) is 0.0936. The molecule has 0 aliphatic carbocycles. The second kappa shape index (κ2) is 14.9. The highest BCUT2D eigenvalue weighted by molar-refractivity contribution is 9.11. The highest BCUT2D eigenvalue weighted by Crippen LogP contribution is 2.37. The van der Waals surface area contributed by atoms with E-state index < -0.39 is 0 Å². The van der Waals surface area contributed by atoms with Gasteiger partial charge in [0, 0.05) is 29.4 Å². The van der Waals surface area contributed by atoms with Crippen molar-refractivity contribution in [3.63, 3.8) is 0 Å². The van der Waals surface area contributed by atoms with Crippen LogP contribution in [0.2, 0.25) is 0 Å². The molecule has 0 spiro atoms. The fourth-order valence-corrected chi connectivity index (χ4v) is 6.29. The van der Waals surface area contributed by atoms with E-state index in [1.807, 2.05) is 65.2 Å². The van der Waals surface area contributed by atoms with E-state index in [0.717, 1.165) is 63.1 Å². The lowest BCUT2D eigenvalue weighted by atomic mass is 10.00. The van der Waals surface area contributed by atoms with Crippen LogP contribution in [-0.4, -0.2) is 48.4 Å². The number of rotatable bonds is 15. The van der Waals surface area contributed by atoms with Crippen LogP contribution in [0.4, 0.5) is 0 Å². The van der Waals surface area contributed by atoms with Crippen LogP contribution in [0.1, 0.15) is 62.0 Å². The number of fused-ring (bicyclic) bond motifs is 1. The van der Waals surface area contributed by atoms with Gasteiger partial charge in [0.25, 0.3) is 0 Å². The number of nitrogens with zero attached hydrogens (tertiary/aromatic N) is 2. The first-order chi connectivity index (χ1) is 19.5. The molecule has 0 bridgehead atoms. The van der Waals surface area contributed by atoms with Crippen LogP contribution in [0.5, 0.6) is 11.5 Å². The van der Waals surface area contributed by atoms with Gasteiger partial charge in [0.15, 0.2) is 0 Å². The molecule has 0 amide bonds. The molecular weight excluding hydrogens is 632 g/mol. The SMILES string of the molecule is CCCCN(CCCC)CCCOc1c(Br)cc(C(=O)c2c(-c3ccc(OC)cc3)cc3ccccn23)cc1Br. The molecule has 0 radical (unpaired) electrons. The second-order valence-corrected chi connectivity index (χ2v) is 11.7. The summed E-state index contributed by atoms with van der Waals surface area (Å²) in [4.78, 5) is 16.6. The van der Waals surface area contributed by atoms with Crippen LogP contribution in [0.25, 0.3) is 16.6 Å². The number of hydrogen-bond donors (Lipinski definition) is 0. The zero-order valence-corrected chi connectivity index (χ0v) is 26.8. The Morgan fingerprint density at radius 3 is 2.15 bits per heavy atom. The maximum absolute atomic E-state index is 14.0. The number of benzene rings is 2. The molecule has 0 fully saturated rings. The molecule has 0 saturated carbocycles. The summed E-state index contributed by atoms with van der Waals surface area (Å²) < 4.78 is 15.0. The van der Waals surface area contributed by atoms with Crippen LogP contribution >= 0.6 is 31.9 Å². The summed E-state index contributed by atoms with van der Waals surface area (Å²) in [7, 11) is 1.65. The van der Waals surface area contributed by atoms with Crippen molar-refractivity contribution in [1.82, 2.24) is 9.30 Å². The summed E-state index contributed by atoms with van der Waals surface area (Å²) in [6, 6.07) is 19.5. The fraction of sp³-hybridized carbons (Fsp3) is 0.364. The summed E-state index contributed by atoms with van der Waals surface area (Å²) in [6.45, 7) is 8.42. The Morgan fingerprint density at radius 1 is 0.875 bits per heavy atom. The fourth-order valence-electron chi connectivity index (χ4n) is 4.87. The van der Waals surface area contributed by atoms with Gasteiger partial charge in [-0.25, -0.2) is 0 Å². The first-order valence-corrected chi connectivity index (χ1v) is 15.7. The smallest absolute Gasteiger partial charge is 0.210 e. The molecule has 0 unspecified atom stereocenters. The molecule has 0 atom stereocenters. The van der Waals surface area contributed by atoms with Gasteiger partial charge in [0.05, 0.1) is 22.7 Å². The van der Waals surface area contributed by atoms with Crippen molar-refractivity contribution in [2.24, 2.45) is 0 Å². The van der Waals surface area contributed by atoms with Gasteiger partial charge in [-0.05, 0) is 112 Å². The van der Waals surface area contributed by atoms with E-state index in [0.29, 0.717) is 17.9 Å². The van der Waals surface area contributed by atoms with Gasteiger partial charge in [0.2, 0.25) is 5.78 Å². The third-order valence-electron chi connectivity index (χ3n) is 7.08. The Labute approximate surface area is 254 Å². The Bertz CT molecular complexity index is 1380. The third-order valence-corrected chi connectivity index (χ3v) is 8.26. The van der Waals surface area contributed by atoms with Gasteiger partial charge in [-0.3, -0.25) is 4.79 Å². The summed E-state index contributed by atoms with van der Waals surface area (Å²) in [5, 5.41) is 0.